The molecule has 3 atom stereocenters. The van der Waals surface area contributed by atoms with Gasteiger partial charge in [-0.25, -0.2) is 8.42 Å². The monoisotopic (exact) mass is 336 g/mol. The predicted octanol–water partition coefficient (Wildman–Crippen LogP) is 2.77. The first-order valence-electron chi connectivity index (χ1n) is 8.46. The first-order valence-corrected chi connectivity index (χ1v) is 10.3. The van der Waals surface area contributed by atoms with Crippen LogP contribution in [-0.4, -0.2) is 32.0 Å². The third-order valence-corrected chi connectivity index (χ3v) is 6.83. The third-order valence-electron chi connectivity index (χ3n) is 4.99. The van der Waals surface area contributed by atoms with Crippen LogP contribution in [0.3, 0.4) is 0 Å². The van der Waals surface area contributed by atoms with E-state index < -0.39 is 9.84 Å². The summed E-state index contributed by atoms with van der Waals surface area (Å²) in [6.45, 7) is 0. The lowest BCUT2D eigenvalue weighted by Crippen LogP contribution is -2.25. The molecule has 0 N–H and O–H groups in total. The van der Waals surface area contributed by atoms with Crippen LogP contribution in [0.2, 0.25) is 0 Å². The van der Waals surface area contributed by atoms with Crippen molar-refractivity contribution in [1.82, 2.24) is 0 Å². The summed E-state index contributed by atoms with van der Waals surface area (Å²) in [5, 5.41) is 0. The number of rotatable bonds is 5. The average Bonchev–Trinajstić information content (AvgIpc) is 3.06. The zero-order valence-corrected chi connectivity index (χ0v) is 14.1. The Labute approximate surface area is 138 Å². The SMILES string of the molecule is O=C(C[C@@H]1CCS(=O)(=O)C1)O[C@@H]1CCC[C@@H]1Cc1ccccc1. The van der Waals surface area contributed by atoms with Gasteiger partial charge in [0.05, 0.1) is 11.5 Å². The molecule has 126 valence electrons. The van der Waals surface area contributed by atoms with E-state index in [1.807, 2.05) is 18.2 Å². The maximum Gasteiger partial charge on any atom is 0.306 e. The van der Waals surface area contributed by atoms with E-state index in [1.165, 1.54) is 5.56 Å². The summed E-state index contributed by atoms with van der Waals surface area (Å²) in [5.74, 6) is 0.456. The molecule has 3 rings (SSSR count). The van der Waals surface area contributed by atoms with Gasteiger partial charge in [-0.05, 0) is 49.5 Å². The standard InChI is InChI=1S/C18H24O4S/c19-18(12-15-9-10-23(20,21)13-15)22-17-8-4-7-16(17)11-14-5-2-1-3-6-14/h1-3,5-6,15-17H,4,7-13H2/t15-,16+,17+/m0/s1. The second-order valence-electron chi connectivity index (χ2n) is 6.88. The topological polar surface area (TPSA) is 60.4 Å². The summed E-state index contributed by atoms with van der Waals surface area (Å²) in [6.07, 6.45) is 4.87. The molecule has 2 aliphatic rings. The second kappa shape index (κ2) is 7.04. The summed E-state index contributed by atoms with van der Waals surface area (Å²) in [4.78, 5) is 12.1. The highest BCUT2D eigenvalue weighted by atomic mass is 32.2. The molecule has 0 radical (unpaired) electrons. The van der Waals surface area contributed by atoms with Gasteiger partial charge in [-0.15, -0.1) is 0 Å². The van der Waals surface area contributed by atoms with Crippen LogP contribution in [0, 0.1) is 11.8 Å². The van der Waals surface area contributed by atoms with Crippen molar-refractivity contribution in [1.29, 1.82) is 0 Å². The van der Waals surface area contributed by atoms with Crippen LogP contribution < -0.4 is 0 Å². The molecule has 1 saturated heterocycles. The van der Waals surface area contributed by atoms with E-state index in [4.69, 9.17) is 4.74 Å². The smallest absolute Gasteiger partial charge is 0.306 e. The molecule has 1 saturated carbocycles. The maximum absolute atomic E-state index is 12.1. The highest BCUT2D eigenvalue weighted by molar-refractivity contribution is 7.91. The van der Waals surface area contributed by atoms with Gasteiger partial charge in [0.15, 0.2) is 9.84 Å². The van der Waals surface area contributed by atoms with Crippen LogP contribution in [0.25, 0.3) is 0 Å². The van der Waals surface area contributed by atoms with E-state index >= 15 is 0 Å². The van der Waals surface area contributed by atoms with Gasteiger partial charge in [-0.1, -0.05) is 30.3 Å². The number of carbonyl (C=O) groups excluding carboxylic acids is 1. The molecule has 2 fully saturated rings. The molecule has 1 aliphatic heterocycles. The molecule has 5 heteroatoms. The quantitative estimate of drug-likeness (QED) is 0.776. The fourth-order valence-electron chi connectivity index (χ4n) is 3.79. The van der Waals surface area contributed by atoms with E-state index in [9.17, 15) is 13.2 Å². The Bertz CT molecular complexity index is 638. The van der Waals surface area contributed by atoms with Gasteiger partial charge in [0.25, 0.3) is 0 Å². The average molecular weight is 336 g/mol. The number of benzene rings is 1. The van der Waals surface area contributed by atoms with Gasteiger partial charge in [-0.2, -0.15) is 0 Å². The van der Waals surface area contributed by atoms with Gasteiger partial charge in [0, 0.05) is 6.42 Å². The molecule has 0 spiro atoms. The fraction of sp³-hybridized carbons (Fsp3) is 0.611. The van der Waals surface area contributed by atoms with E-state index in [0.29, 0.717) is 12.3 Å². The fourth-order valence-corrected chi connectivity index (χ4v) is 5.66. The summed E-state index contributed by atoms with van der Waals surface area (Å²) in [7, 11) is -2.93. The Kier molecular flexibility index (Phi) is 5.05. The molecule has 1 aromatic rings. The van der Waals surface area contributed by atoms with E-state index in [2.05, 4.69) is 12.1 Å². The molecule has 0 unspecified atom stereocenters. The number of esters is 1. The number of sulfone groups is 1. The molecular weight excluding hydrogens is 312 g/mol. The number of hydrogen-bond acceptors (Lipinski definition) is 4. The van der Waals surface area contributed by atoms with Crippen molar-refractivity contribution in [2.45, 2.75) is 44.6 Å². The zero-order chi connectivity index (χ0) is 16.3. The van der Waals surface area contributed by atoms with Crippen molar-refractivity contribution >= 4 is 15.8 Å². The molecule has 1 aliphatic carbocycles. The summed E-state index contributed by atoms with van der Waals surface area (Å²) >= 11 is 0. The van der Waals surface area contributed by atoms with Crippen molar-refractivity contribution in [3.8, 4) is 0 Å². The lowest BCUT2D eigenvalue weighted by atomic mass is 9.96. The molecule has 1 aromatic carbocycles. The van der Waals surface area contributed by atoms with Crippen LogP contribution in [-0.2, 0) is 25.8 Å². The molecule has 23 heavy (non-hydrogen) atoms. The Balaban J connectivity index is 1.51. The molecule has 0 amide bonds. The zero-order valence-electron chi connectivity index (χ0n) is 13.3. The minimum absolute atomic E-state index is 0.0132. The molecule has 0 bridgehead atoms. The van der Waals surface area contributed by atoms with Crippen molar-refractivity contribution in [2.75, 3.05) is 11.5 Å². The van der Waals surface area contributed by atoms with Crippen molar-refractivity contribution in [3.63, 3.8) is 0 Å². The van der Waals surface area contributed by atoms with Crippen LogP contribution in [0.4, 0.5) is 0 Å². The highest BCUT2D eigenvalue weighted by Gasteiger charge is 2.33. The summed E-state index contributed by atoms with van der Waals surface area (Å²) in [5.41, 5.74) is 1.28. The largest absolute Gasteiger partial charge is 0.462 e. The van der Waals surface area contributed by atoms with Crippen molar-refractivity contribution < 1.29 is 17.9 Å². The van der Waals surface area contributed by atoms with Gasteiger partial charge in [0.1, 0.15) is 6.10 Å². The highest BCUT2D eigenvalue weighted by Crippen LogP contribution is 2.32. The molecule has 0 aromatic heterocycles. The Morgan fingerprint density at radius 3 is 2.61 bits per heavy atom. The third kappa shape index (κ3) is 4.56. The van der Waals surface area contributed by atoms with Crippen LogP contribution in [0.1, 0.15) is 37.7 Å². The Morgan fingerprint density at radius 1 is 1.13 bits per heavy atom. The summed E-state index contributed by atoms with van der Waals surface area (Å²) in [6, 6.07) is 10.3. The summed E-state index contributed by atoms with van der Waals surface area (Å²) < 4.78 is 28.6. The second-order valence-corrected chi connectivity index (χ2v) is 9.11. The first kappa shape index (κ1) is 16.5. The van der Waals surface area contributed by atoms with Gasteiger partial charge in [0.2, 0.25) is 0 Å². The minimum atomic E-state index is -2.93. The lowest BCUT2D eigenvalue weighted by molar-refractivity contribution is -0.151. The van der Waals surface area contributed by atoms with Crippen LogP contribution in [0.5, 0.6) is 0 Å². The van der Waals surface area contributed by atoms with Crippen LogP contribution in [0.15, 0.2) is 30.3 Å². The molecule has 1 heterocycles. The Morgan fingerprint density at radius 2 is 1.91 bits per heavy atom. The van der Waals surface area contributed by atoms with E-state index in [-0.39, 0.29) is 35.9 Å². The maximum atomic E-state index is 12.1. The Hall–Kier alpha value is -1.36. The lowest BCUT2D eigenvalue weighted by Gasteiger charge is -2.21. The van der Waals surface area contributed by atoms with Crippen LogP contribution >= 0.6 is 0 Å². The van der Waals surface area contributed by atoms with Gasteiger partial charge >= 0.3 is 5.97 Å². The van der Waals surface area contributed by atoms with Crippen molar-refractivity contribution in [3.05, 3.63) is 35.9 Å². The first-order chi connectivity index (χ1) is 11.0. The number of hydrogen-bond donors (Lipinski definition) is 0. The van der Waals surface area contributed by atoms with Gasteiger partial charge in [-0.3, -0.25) is 4.79 Å². The number of carbonyl (C=O) groups is 1. The predicted molar refractivity (Wildman–Crippen MR) is 88.7 cm³/mol. The normalized spacial score (nSPS) is 29.5. The van der Waals surface area contributed by atoms with E-state index in [1.54, 1.807) is 0 Å². The van der Waals surface area contributed by atoms with Gasteiger partial charge < -0.3 is 4.74 Å². The molecule has 4 nitrogen and oxygen atoms in total. The number of ether oxygens (including phenoxy) is 1. The van der Waals surface area contributed by atoms with Crippen molar-refractivity contribution in [2.24, 2.45) is 11.8 Å². The van der Waals surface area contributed by atoms with E-state index in [0.717, 1.165) is 25.7 Å². The molecular formula is C18H24O4S. The minimum Gasteiger partial charge on any atom is -0.462 e.